The smallest absolute Gasteiger partial charge is 0.0456 e. The minimum Gasteiger partial charge on any atom is -0.324 e. The maximum absolute atomic E-state index is 6.09. The molecule has 1 nitrogen and oxygen atoms in total. The Bertz CT molecular complexity index is 274. The molecule has 1 aromatic carbocycles. The first-order chi connectivity index (χ1) is 6.04. The fourth-order valence-corrected chi connectivity index (χ4v) is 1.75. The van der Waals surface area contributed by atoms with Crippen LogP contribution in [0.5, 0.6) is 0 Å². The van der Waals surface area contributed by atoms with Gasteiger partial charge in [-0.1, -0.05) is 37.6 Å². The zero-order valence-electron chi connectivity index (χ0n) is 8.34. The molecule has 0 aromatic heterocycles. The van der Waals surface area contributed by atoms with Gasteiger partial charge in [0.25, 0.3) is 0 Å². The second-order valence-electron chi connectivity index (χ2n) is 3.74. The molecule has 0 unspecified atom stereocenters. The SMILES string of the molecule is Cc1cccc(Cl)c1[C@H](N)C(C)C. The van der Waals surface area contributed by atoms with Gasteiger partial charge in [-0.15, -0.1) is 0 Å². The molecule has 0 aliphatic rings. The molecule has 0 saturated heterocycles. The highest BCUT2D eigenvalue weighted by atomic mass is 35.5. The summed E-state index contributed by atoms with van der Waals surface area (Å²) in [6.45, 7) is 6.25. The lowest BCUT2D eigenvalue weighted by molar-refractivity contribution is 0.512. The van der Waals surface area contributed by atoms with Crippen molar-refractivity contribution in [2.75, 3.05) is 0 Å². The van der Waals surface area contributed by atoms with Crippen LogP contribution in [0.4, 0.5) is 0 Å². The molecule has 1 atom stereocenters. The zero-order valence-corrected chi connectivity index (χ0v) is 9.10. The maximum atomic E-state index is 6.09. The van der Waals surface area contributed by atoms with Gasteiger partial charge in [0, 0.05) is 11.1 Å². The lowest BCUT2D eigenvalue weighted by Gasteiger charge is -2.19. The van der Waals surface area contributed by atoms with Gasteiger partial charge in [-0.25, -0.2) is 0 Å². The fraction of sp³-hybridized carbons (Fsp3) is 0.455. The summed E-state index contributed by atoms with van der Waals surface area (Å²) in [4.78, 5) is 0. The third kappa shape index (κ3) is 2.23. The lowest BCUT2D eigenvalue weighted by Crippen LogP contribution is -2.18. The van der Waals surface area contributed by atoms with Crippen molar-refractivity contribution < 1.29 is 0 Å². The molecule has 2 N–H and O–H groups in total. The lowest BCUT2D eigenvalue weighted by atomic mass is 9.93. The Hall–Kier alpha value is -0.530. The number of rotatable bonds is 2. The highest BCUT2D eigenvalue weighted by molar-refractivity contribution is 6.31. The number of hydrogen-bond donors (Lipinski definition) is 1. The minimum absolute atomic E-state index is 0.0358. The highest BCUT2D eigenvalue weighted by Gasteiger charge is 2.15. The van der Waals surface area contributed by atoms with Crippen LogP contribution in [0.25, 0.3) is 0 Å². The normalized spacial score (nSPS) is 13.4. The molecule has 0 radical (unpaired) electrons. The van der Waals surface area contributed by atoms with Crippen molar-refractivity contribution in [3.63, 3.8) is 0 Å². The predicted octanol–water partition coefficient (Wildman–Crippen LogP) is 3.30. The van der Waals surface area contributed by atoms with Crippen molar-refractivity contribution in [2.45, 2.75) is 26.8 Å². The summed E-state index contributed by atoms with van der Waals surface area (Å²) in [6, 6.07) is 5.93. The summed E-state index contributed by atoms with van der Waals surface area (Å²) in [5.74, 6) is 0.415. The number of hydrogen-bond acceptors (Lipinski definition) is 1. The maximum Gasteiger partial charge on any atom is 0.0456 e. The topological polar surface area (TPSA) is 26.0 Å². The van der Waals surface area contributed by atoms with E-state index in [-0.39, 0.29) is 6.04 Å². The van der Waals surface area contributed by atoms with Gasteiger partial charge >= 0.3 is 0 Å². The fourth-order valence-electron chi connectivity index (χ4n) is 1.40. The van der Waals surface area contributed by atoms with E-state index in [2.05, 4.69) is 13.8 Å². The van der Waals surface area contributed by atoms with Crippen LogP contribution < -0.4 is 5.73 Å². The standard InChI is InChI=1S/C11H16ClN/c1-7(2)11(13)10-8(3)5-4-6-9(10)12/h4-7,11H,13H2,1-3H3/t11-/m1/s1. The van der Waals surface area contributed by atoms with Crippen LogP contribution in [-0.4, -0.2) is 0 Å². The molecule has 0 heterocycles. The highest BCUT2D eigenvalue weighted by Crippen LogP contribution is 2.28. The van der Waals surface area contributed by atoms with Crippen molar-refractivity contribution in [3.05, 3.63) is 34.3 Å². The molecular formula is C11H16ClN. The Morgan fingerprint density at radius 3 is 2.38 bits per heavy atom. The molecule has 0 saturated carbocycles. The molecule has 0 aliphatic heterocycles. The molecule has 0 fully saturated rings. The van der Waals surface area contributed by atoms with Gasteiger partial charge in [0.15, 0.2) is 0 Å². The number of benzene rings is 1. The molecule has 1 rings (SSSR count). The molecule has 72 valence electrons. The quantitative estimate of drug-likeness (QED) is 0.774. The van der Waals surface area contributed by atoms with Crippen molar-refractivity contribution in [2.24, 2.45) is 11.7 Å². The Morgan fingerprint density at radius 1 is 1.31 bits per heavy atom. The largest absolute Gasteiger partial charge is 0.324 e. The van der Waals surface area contributed by atoms with E-state index in [1.165, 1.54) is 5.56 Å². The van der Waals surface area contributed by atoms with Crippen LogP contribution in [0, 0.1) is 12.8 Å². The molecule has 1 aromatic rings. The molecule has 0 bridgehead atoms. The third-order valence-electron chi connectivity index (χ3n) is 2.32. The van der Waals surface area contributed by atoms with E-state index in [4.69, 9.17) is 17.3 Å². The third-order valence-corrected chi connectivity index (χ3v) is 2.65. The molecule has 2 heteroatoms. The molecule has 0 amide bonds. The molecule has 0 spiro atoms. The summed E-state index contributed by atoms with van der Waals surface area (Å²) >= 11 is 6.09. The first-order valence-electron chi connectivity index (χ1n) is 4.54. The average molecular weight is 198 g/mol. The van der Waals surface area contributed by atoms with E-state index < -0.39 is 0 Å². The van der Waals surface area contributed by atoms with Crippen LogP contribution in [0.1, 0.15) is 31.0 Å². The Kier molecular flexibility index (Phi) is 3.34. The number of halogens is 1. The minimum atomic E-state index is 0.0358. The Labute approximate surface area is 84.9 Å². The van der Waals surface area contributed by atoms with E-state index in [1.807, 2.05) is 25.1 Å². The van der Waals surface area contributed by atoms with Gasteiger partial charge in [0.2, 0.25) is 0 Å². The summed E-state index contributed by atoms with van der Waals surface area (Å²) in [7, 11) is 0. The Balaban J connectivity index is 3.12. The van der Waals surface area contributed by atoms with Crippen molar-refractivity contribution >= 4 is 11.6 Å². The Morgan fingerprint density at radius 2 is 1.92 bits per heavy atom. The molecule has 0 aliphatic carbocycles. The zero-order chi connectivity index (χ0) is 10.0. The van der Waals surface area contributed by atoms with Crippen LogP contribution >= 0.6 is 11.6 Å². The van der Waals surface area contributed by atoms with E-state index in [0.717, 1.165) is 10.6 Å². The van der Waals surface area contributed by atoms with Crippen LogP contribution in [0.2, 0.25) is 5.02 Å². The van der Waals surface area contributed by atoms with Crippen molar-refractivity contribution in [1.82, 2.24) is 0 Å². The predicted molar refractivity (Wildman–Crippen MR) is 58.0 cm³/mol. The van der Waals surface area contributed by atoms with Crippen LogP contribution in [0.3, 0.4) is 0 Å². The van der Waals surface area contributed by atoms with E-state index in [9.17, 15) is 0 Å². The van der Waals surface area contributed by atoms with Gasteiger partial charge in [0.05, 0.1) is 0 Å². The number of nitrogens with two attached hydrogens (primary N) is 1. The van der Waals surface area contributed by atoms with E-state index >= 15 is 0 Å². The monoisotopic (exact) mass is 197 g/mol. The molecular weight excluding hydrogens is 182 g/mol. The van der Waals surface area contributed by atoms with E-state index in [1.54, 1.807) is 0 Å². The summed E-state index contributed by atoms with van der Waals surface area (Å²) in [6.07, 6.45) is 0. The summed E-state index contributed by atoms with van der Waals surface area (Å²) < 4.78 is 0. The second-order valence-corrected chi connectivity index (χ2v) is 4.15. The van der Waals surface area contributed by atoms with E-state index in [0.29, 0.717) is 5.92 Å². The van der Waals surface area contributed by atoms with Crippen LogP contribution in [-0.2, 0) is 0 Å². The first-order valence-corrected chi connectivity index (χ1v) is 4.92. The van der Waals surface area contributed by atoms with Crippen LogP contribution in [0.15, 0.2) is 18.2 Å². The van der Waals surface area contributed by atoms with Gasteiger partial charge in [-0.3, -0.25) is 0 Å². The van der Waals surface area contributed by atoms with Crippen molar-refractivity contribution in [3.8, 4) is 0 Å². The summed E-state index contributed by atoms with van der Waals surface area (Å²) in [5.41, 5.74) is 8.31. The summed E-state index contributed by atoms with van der Waals surface area (Å²) in [5, 5.41) is 0.779. The van der Waals surface area contributed by atoms with Crippen molar-refractivity contribution in [1.29, 1.82) is 0 Å². The number of aryl methyl sites for hydroxylation is 1. The van der Waals surface area contributed by atoms with Gasteiger partial charge in [0.1, 0.15) is 0 Å². The second kappa shape index (κ2) is 4.12. The molecule has 13 heavy (non-hydrogen) atoms. The van der Waals surface area contributed by atoms with Gasteiger partial charge in [-0.05, 0) is 30.0 Å². The van der Waals surface area contributed by atoms with Gasteiger partial charge in [-0.2, -0.15) is 0 Å². The average Bonchev–Trinajstić information content (AvgIpc) is 2.03. The first kappa shape index (κ1) is 10.6. The van der Waals surface area contributed by atoms with Gasteiger partial charge < -0.3 is 5.73 Å².